The maximum Gasteiger partial charge on any atom is 0.274 e. The maximum absolute atomic E-state index is 12.1. The van der Waals surface area contributed by atoms with E-state index in [2.05, 4.69) is 5.32 Å². The Morgan fingerprint density at radius 3 is 2.48 bits per heavy atom. The van der Waals surface area contributed by atoms with Gasteiger partial charge in [0.2, 0.25) is 0 Å². The highest BCUT2D eigenvalue weighted by atomic mass is 16.6. The van der Waals surface area contributed by atoms with Crippen LogP contribution in [0.4, 0.5) is 11.4 Å². The molecular weight excluding hydrogens is 272 g/mol. The summed E-state index contributed by atoms with van der Waals surface area (Å²) in [6.07, 6.45) is 0. The molecule has 0 fully saturated rings. The number of benzene rings is 2. The van der Waals surface area contributed by atoms with Crippen LogP contribution in [-0.2, 0) is 6.61 Å². The molecule has 0 aliphatic rings. The van der Waals surface area contributed by atoms with Crippen LogP contribution in [0.25, 0.3) is 0 Å². The molecule has 0 spiro atoms. The Morgan fingerprint density at radius 2 is 1.90 bits per heavy atom. The summed E-state index contributed by atoms with van der Waals surface area (Å²) >= 11 is 0. The lowest BCUT2D eigenvalue weighted by molar-refractivity contribution is -0.385. The zero-order valence-electron chi connectivity index (χ0n) is 11.4. The first-order valence-electron chi connectivity index (χ1n) is 6.28. The van der Waals surface area contributed by atoms with Gasteiger partial charge in [0.05, 0.1) is 22.8 Å². The Kier molecular flexibility index (Phi) is 4.30. The number of nitro benzene ring substituents is 1. The summed E-state index contributed by atoms with van der Waals surface area (Å²) in [6, 6.07) is 11.0. The van der Waals surface area contributed by atoms with E-state index in [0.717, 1.165) is 0 Å². The van der Waals surface area contributed by atoms with Crippen molar-refractivity contribution < 1.29 is 14.8 Å². The fourth-order valence-electron chi connectivity index (χ4n) is 1.91. The van der Waals surface area contributed by atoms with Crippen LogP contribution in [0.15, 0.2) is 42.5 Å². The molecule has 0 unspecified atom stereocenters. The first-order valence-corrected chi connectivity index (χ1v) is 6.28. The van der Waals surface area contributed by atoms with E-state index in [1.54, 1.807) is 37.3 Å². The molecule has 0 aliphatic heterocycles. The molecule has 0 aliphatic carbocycles. The monoisotopic (exact) mass is 286 g/mol. The topological polar surface area (TPSA) is 92.5 Å². The van der Waals surface area contributed by atoms with Crippen molar-refractivity contribution in [1.29, 1.82) is 0 Å². The van der Waals surface area contributed by atoms with Gasteiger partial charge in [0.15, 0.2) is 0 Å². The van der Waals surface area contributed by atoms with E-state index < -0.39 is 4.92 Å². The minimum atomic E-state index is -0.485. The van der Waals surface area contributed by atoms with E-state index in [0.29, 0.717) is 22.4 Å². The van der Waals surface area contributed by atoms with Crippen molar-refractivity contribution >= 4 is 17.3 Å². The number of carbonyl (C=O) groups excluding carboxylic acids is 1. The van der Waals surface area contributed by atoms with Crippen LogP contribution >= 0.6 is 0 Å². The summed E-state index contributed by atoms with van der Waals surface area (Å²) in [5, 5.41) is 22.5. The van der Waals surface area contributed by atoms with Crippen molar-refractivity contribution in [2.24, 2.45) is 0 Å². The summed E-state index contributed by atoms with van der Waals surface area (Å²) in [6.45, 7) is 1.49. The van der Waals surface area contributed by atoms with Crippen molar-refractivity contribution in [2.45, 2.75) is 13.5 Å². The van der Waals surface area contributed by atoms with Crippen LogP contribution in [-0.4, -0.2) is 15.9 Å². The summed E-state index contributed by atoms with van der Waals surface area (Å²) in [4.78, 5) is 22.5. The van der Waals surface area contributed by atoms with Gasteiger partial charge in [-0.05, 0) is 30.7 Å². The zero-order chi connectivity index (χ0) is 15.4. The summed E-state index contributed by atoms with van der Waals surface area (Å²) < 4.78 is 0. The van der Waals surface area contributed by atoms with Crippen LogP contribution in [0.1, 0.15) is 21.5 Å². The van der Waals surface area contributed by atoms with Crippen molar-refractivity contribution in [1.82, 2.24) is 0 Å². The van der Waals surface area contributed by atoms with Crippen LogP contribution in [0.3, 0.4) is 0 Å². The highest BCUT2D eigenvalue weighted by molar-refractivity contribution is 6.04. The van der Waals surface area contributed by atoms with E-state index in [1.165, 1.54) is 12.1 Å². The molecule has 0 aromatic heterocycles. The van der Waals surface area contributed by atoms with E-state index in [4.69, 9.17) is 5.11 Å². The number of rotatable bonds is 4. The summed E-state index contributed by atoms with van der Waals surface area (Å²) in [5.41, 5.74) is 1.89. The average Bonchev–Trinajstić information content (AvgIpc) is 2.49. The van der Waals surface area contributed by atoms with Gasteiger partial charge >= 0.3 is 0 Å². The number of carbonyl (C=O) groups is 1. The van der Waals surface area contributed by atoms with Crippen molar-refractivity contribution in [3.05, 3.63) is 69.3 Å². The predicted octanol–water partition coefficient (Wildman–Crippen LogP) is 2.65. The molecule has 108 valence electrons. The molecule has 0 radical (unpaired) electrons. The van der Waals surface area contributed by atoms with Gasteiger partial charge in [-0.15, -0.1) is 0 Å². The highest BCUT2D eigenvalue weighted by Crippen LogP contribution is 2.25. The van der Waals surface area contributed by atoms with E-state index in [9.17, 15) is 14.9 Å². The molecule has 2 aromatic carbocycles. The van der Waals surface area contributed by atoms with Gasteiger partial charge in [-0.1, -0.05) is 18.2 Å². The zero-order valence-corrected chi connectivity index (χ0v) is 11.4. The van der Waals surface area contributed by atoms with E-state index in [1.807, 2.05) is 0 Å². The second kappa shape index (κ2) is 6.15. The van der Waals surface area contributed by atoms with Crippen molar-refractivity contribution in [3.63, 3.8) is 0 Å². The summed E-state index contributed by atoms with van der Waals surface area (Å²) in [7, 11) is 0. The van der Waals surface area contributed by atoms with Gasteiger partial charge in [0.1, 0.15) is 0 Å². The number of anilines is 1. The van der Waals surface area contributed by atoms with E-state index >= 15 is 0 Å². The molecule has 2 rings (SSSR count). The lowest BCUT2D eigenvalue weighted by Crippen LogP contribution is -2.13. The fourth-order valence-corrected chi connectivity index (χ4v) is 1.91. The van der Waals surface area contributed by atoms with Gasteiger partial charge < -0.3 is 10.4 Å². The molecule has 2 aromatic rings. The van der Waals surface area contributed by atoms with E-state index in [-0.39, 0.29) is 18.2 Å². The maximum atomic E-state index is 12.1. The van der Waals surface area contributed by atoms with Gasteiger partial charge in [-0.2, -0.15) is 0 Å². The quantitative estimate of drug-likeness (QED) is 0.667. The first-order chi connectivity index (χ1) is 10.0. The van der Waals surface area contributed by atoms with Crippen molar-refractivity contribution in [2.75, 3.05) is 5.32 Å². The number of aliphatic hydroxyl groups excluding tert-OH is 1. The van der Waals surface area contributed by atoms with Crippen LogP contribution < -0.4 is 5.32 Å². The Balaban J connectivity index is 2.23. The Bertz CT molecular complexity index is 681. The number of nitro groups is 1. The van der Waals surface area contributed by atoms with Gasteiger partial charge in [0.25, 0.3) is 11.6 Å². The third-order valence-electron chi connectivity index (χ3n) is 3.15. The lowest BCUT2D eigenvalue weighted by Gasteiger charge is -2.09. The third-order valence-corrected chi connectivity index (χ3v) is 3.15. The standard InChI is InChI=1S/C15H14N2O4/c1-10-13(3-2-4-14(10)17(20)21)16-15(19)12-7-5-11(9-18)6-8-12/h2-8,18H,9H2,1H3,(H,16,19). The molecule has 6 heteroatoms. The molecule has 21 heavy (non-hydrogen) atoms. The molecule has 0 heterocycles. The van der Waals surface area contributed by atoms with Gasteiger partial charge in [-0.25, -0.2) is 0 Å². The Morgan fingerprint density at radius 1 is 1.24 bits per heavy atom. The second-order valence-electron chi connectivity index (χ2n) is 4.52. The van der Waals surface area contributed by atoms with Gasteiger partial charge in [-0.3, -0.25) is 14.9 Å². The van der Waals surface area contributed by atoms with Gasteiger partial charge in [0, 0.05) is 11.6 Å². The largest absolute Gasteiger partial charge is 0.392 e. The van der Waals surface area contributed by atoms with Crippen LogP contribution in [0, 0.1) is 17.0 Å². The Hall–Kier alpha value is -2.73. The predicted molar refractivity (Wildman–Crippen MR) is 78.2 cm³/mol. The lowest BCUT2D eigenvalue weighted by atomic mass is 10.1. The Labute approximate surface area is 121 Å². The number of nitrogens with one attached hydrogen (secondary N) is 1. The molecule has 6 nitrogen and oxygen atoms in total. The first kappa shape index (κ1) is 14.7. The minimum absolute atomic E-state index is 0.0385. The normalized spacial score (nSPS) is 10.2. The molecule has 1 amide bonds. The molecule has 0 atom stereocenters. The van der Waals surface area contributed by atoms with Crippen LogP contribution in [0.5, 0.6) is 0 Å². The fraction of sp³-hybridized carbons (Fsp3) is 0.133. The number of hydrogen-bond donors (Lipinski definition) is 2. The molecule has 0 bridgehead atoms. The molecule has 0 saturated carbocycles. The van der Waals surface area contributed by atoms with Crippen molar-refractivity contribution in [3.8, 4) is 0 Å². The molecular formula is C15H14N2O4. The average molecular weight is 286 g/mol. The second-order valence-corrected chi connectivity index (χ2v) is 4.52. The minimum Gasteiger partial charge on any atom is -0.392 e. The number of hydrogen-bond acceptors (Lipinski definition) is 4. The SMILES string of the molecule is Cc1c(NC(=O)c2ccc(CO)cc2)cccc1[N+](=O)[O-]. The number of nitrogens with zero attached hydrogens (tertiary/aromatic N) is 1. The number of aliphatic hydroxyl groups is 1. The van der Waals surface area contributed by atoms with Crippen LogP contribution in [0.2, 0.25) is 0 Å². The number of amides is 1. The highest BCUT2D eigenvalue weighted by Gasteiger charge is 2.15. The third kappa shape index (κ3) is 3.24. The summed E-state index contributed by atoms with van der Waals surface area (Å²) in [5.74, 6) is -0.358. The smallest absolute Gasteiger partial charge is 0.274 e. The molecule has 0 saturated heterocycles. The molecule has 2 N–H and O–H groups in total.